The summed E-state index contributed by atoms with van der Waals surface area (Å²) in [5, 5.41) is 0. The van der Waals surface area contributed by atoms with Gasteiger partial charge in [-0.15, -0.1) is 0 Å². The highest BCUT2D eigenvalue weighted by Crippen LogP contribution is 2.40. The summed E-state index contributed by atoms with van der Waals surface area (Å²) in [4.78, 5) is 4.42. The van der Waals surface area contributed by atoms with E-state index in [-0.39, 0.29) is 0 Å². The van der Waals surface area contributed by atoms with E-state index in [1.54, 1.807) is 0 Å². The van der Waals surface area contributed by atoms with Crippen LogP contribution in [0.4, 0.5) is 0 Å². The molecule has 0 spiro atoms. The summed E-state index contributed by atoms with van der Waals surface area (Å²) in [6, 6.07) is 0.344. The Bertz CT molecular complexity index is 410. The van der Waals surface area contributed by atoms with Gasteiger partial charge in [0.1, 0.15) is 5.82 Å². The summed E-state index contributed by atoms with van der Waals surface area (Å²) in [7, 11) is 2.05. The molecular formula is C16H30N4. The highest BCUT2D eigenvalue weighted by Gasteiger charge is 2.32. The van der Waals surface area contributed by atoms with Gasteiger partial charge in [-0.2, -0.15) is 0 Å². The summed E-state index contributed by atoms with van der Waals surface area (Å²) < 4.78 is 2.09. The van der Waals surface area contributed by atoms with Crippen LogP contribution in [0, 0.1) is 17.3 Å². The molecule has 0 bridgehead atoms. The molecule has 0 aromatic carbocycles. The summed E-state index contributed by atoms with van der Waals surface area (Å²) in [5.41, 5.74) is 3.48. The number of nitrogens with two attached hydrogens (primary N) is 1. The third-order valence-corrected chi connectivity index (χ3v) is 5.10. The van der Waals surface area contributed by atoms with Crippen LogP contribution in [-0.2, 0) is 13.5 Å². The second-order valence-electron chi connectivity index (χ2n) is 7.41. The van der Waals surface area contributed by atoms with E-state index in [0.29, 0.717) is 17.4 Å². The lowest BCUT2D eigenvalue weighted by Gasteiger charge is -2.39. The molecule has 4 heteroatoms. The molecule has 0 aliphatic heterocycles. The number of hydrazine groups is 1. The van der Waals surface area contributed by atoms with Crippen molar-refractivity contribution in [2.45, 2.75) is 58.9 Å². The predicted molar refractivity (Wildman–Crippen MR) is 82.9 cm³/mol. The number of nitrogens with zero attached hydrogens (tertiary/aromatic N) is 2. The Morgan fingerprint density at radius 1 is 1.35 bits per heavy atom. The van der Waals surface area contributed by atoms with Crippen molar-refractivity contribution >= 4 is 0 Å². The lowest BCUT2D eigenvalue weighted by Crippen LogP contribution is -2.44. The molecule has 1 heterocycles. The van der Waals surface area contributed by atoms with Gasteiger partial charge in [0.15, 0.2) is 0 Å². The van der Waals surface area contributed by atoms with E-state index in [2.05, 4.69) is 35.7 Å². The van der Waals surface area contributed by atoms with E-state index in [1.807, 2.05) is 19.4 Å². The van der Waals surface area contributed by atoms with Crippen LogP contribution in [0.2, 0.25) is 0 Å². The first-order chi connectivity index (χ1) is 9.41. The average Bonchev–Trinajstić information content (AvgIpc) is 2.80. The first-order valence-corrected chi connectivity index (χ1v) is 7.84. The molecule has 0 radical (unpaired) electrons. The highest BCUT2D eigenvalue weighted by atomic mass is 15.2. The predicted octanol–water partition coefficient (Wildman–Crippen LogP) is 2.65. The Morgan fingerprint density at radius 3 is 2.45 bits per heavy atom. The first-order valence-electron chi connectivity index (χ1n) is 7.84. The zero-order valence-electron chi connectivity index (χ0n) is 13.4. The highest BCUT2D eigenvalue weighted by molar-refractivity contribution is 4.96. The topological polar surface area (TPSA) is 55.9 Å². The van der Waals surface area contributed by atoms with Gasteiger partial charge in [0.25, 0.3) is 0 Å². The number of hydrogen-bond acceptors (Lipinski definition) is 3. The fourth-order valence-corrected chi connectivity index (χ4v) is 3.54. The van der Waals surface area contributed by atoms with Crippen LogP contribution in [0.3, 0.4) is 0 Å². The van der Waals surface area contributed by atoms with Gasteiger partial charge in [0.2, 0.25) is 0 Å². The van der Waals surface area contributed by atoms with E-state index in [4.69, 9.17) is 5.84 Å². The molecule has 0 amide bonds. The number of aryl methyl sites for hydroxylation is 1. The van der Waals surface area contributed by atoms with Crippen LogP contribution in [0.5, 0.6) is 0 Å². The van der Waals surface area contributed by atoms with E-state index < -0.39 is 0 Å². The molecule has 1 aliphatic rings. The monoisotopic (exact) mass is 278 g/mol. The van der Waals surface area contributed by atoms with Crippen molar-refractivity contribution in [3.8, 4) is 0 Å². The SMILES string of the molecule is Cn1ccnc1CC(NN)C1CCC(C(C)(C)C)CC1. The Balaban J connectivity index is 1.92. The van der Waals surface area contributed by atoms with E-state index in [9.17, 15) is 0 Å². The number of imidazole rings is 1. The Morgan fingerprint density at radius 2 is 2.00 bits per heavy atom. The van der Waals surface area contributed by atoms with Gasteiger partial charge in [-0.05, 0) is 42.9 Å². The molecule has 114 valence electrons. The Hall–Kier alpha value is -0.870. The number of nitrogens with one attached hydrogen (secondary N) is 1. The van der Waals surface area contributed by atoms with Crippen molar-refractivity contribution in [2.75, 3.05) is 0 Å². The molecule has 0 saturated heterocycles. The van der Waals surface area contributed by atoms with E-state index in [1.165, 1.54) is 25.7 Å². The Labute approximate surface area is 123 Å². The van der Waals surface area contributed by atoms with Gasteiger partial charge in [-0.1, -0.05) is 20.8 Å². The van der Waals surface area contributed by atoms with Gasteiger partial charge in [0, 0.05) is 31.9 Å². The van der Waals surface area contributed by atoms with Crippen LogP contribution >= 0.6 is 0 Å². The summed E-state index contributed by atoms with van der Waals surface area (Å²) in [6.45, 7) is 7.10. The second kappa shape index (κ2) is 6.27. The number of rotatable bonds is 4. The molecule has 2 rings (SSSR count). The van der Waals surface area contributed by atoms with Crippen LogP contribution in [0.1, 0.15) is 52.3 Å². The molecule has 1 atom stereocenters. The van der Waals surface area contributed by atoms with Gasteiger partial charge in [-0.3, -0.25) is 11.3 Å². The third-order valence-electron chi connectivity index (χ3n) is 5.10. The molecule has 20 heavy (non-hydrogen) atoms. The molecule has 1 aromatic rings. The molecule has 3 N–H and O–H groups in total. The molecule has 4 nitrogen and oxygen atoms in total. The lowest BCUT2D eigenvalue weighted by atomic mass is 9.68. The molecule has 1 unspecified atom stereocenters. The average molecular weight is 278 g/mol. The van der Waals surface area contributed by atoms with Crippen molar-refractivity contribution < 1.29 is 0 Å². The maximum atomic E-state index is 5.80. The maximum absolute atomic E-state index is 5.80. The van der Waals surface area contributed by atoms with Gasteiger partial charge in [0.05, 0.1) is 0 Å². The third kappa shape index (κ3) is 3.61. The molecule has 1 aliphatic carbocycles. The van der Waals surface area contributed by atoms with Crippen molar-refractivity contribution in [2.24, 2.45) is 30.1 Å². The van der Waals surface area contributed by atoms with E-state index >= 15 is 0 Å². The minimum atomic E-state index is 0.344. The zero-order valence-corrected chi connectivity index (χ0v) is 13.4. The van der Waals surface area contributed by atoms with Crippen molar-refractivity contribution in [3.63, 3.8) is 0 Å². The fourth-order valence-electron chi connectivity index (χ4n) is 3.54. The standard InChI is InChI=1S/C16H30N4/c1-16(2,3)13-7-5-12(6-8-13)14(19-17)11-15-18-9-10-20(15)4/h9-10,12-14,19H,5-8,11,17H2,1-4H3. The van der Waals surface area contributed by atoms with Crippen LogP contribution in [0.15, 0.2) is 12.4 Å². The minimum absolute atomic E-state index is 0.344. The van der Waals surface area contributed by atoms with E-state index in [0.717, 1.165) is 18.2 Å². The summed E-state index contributed by atoms with van der Waals surface area (Å²) in [6.07, 6.45) is 9.99. The molecule has 1 aromatic heterocycles. The van der Waals surface area contributed by atoms with Crippen molar-refractivity contribution in [1.29, 1.82) is 0 Å². The first kappa shape index (κ1) is 15.5. The quantitative estimate of drug-likeness (QED) is 0.657. The number of aromatic nitrogens is 2. The van der Waals surface area contributed by atoms with Crippen molar-refractivity contribution in [1.82, 2.24) is 15.0 Å². The second-order valence-corrected chi connectivity index (χ2v) is 7.41. The van der Waals surface area contributed by atoms with Crippen molar-refractivity contribution in [3.05, 3.63) is 18.2 Å². The molecular weight excluding hydrogens is 248 g/mol. The van der Waals surface area contributed by atoms with Gasteiger partial charge >= 0.3 is 0 Å². The largest absolute Gasteiger partial charge is 0.338 e. The molecule has 1 saturated carbocycles. The van der Waals surface area contributed by atoms with Crippen LogP contribution < -0.4 is 11.3 Å². The zero-order chi connectivity index (χ0) is 14.8. The fraction of sp³-hybridized carbons (Fsp3) is 0.812. The van der Waals surface area contributed by atoms with Gasteiger partial charge in [-0.25, -0.2) is 4.98 Å². The van der Waals surface area contributed by atoms with Crippen LogP contribution in [0.25, 0.3) is 0 Å². The smallest absolute Gasteiger partial charge is 0.109 e. The maximum Gasteiger partial charge on any atom is 0.109 e. The van der Waals surface area contributed by atoms with Crippen LogP contribution in [-0.4, -0.2) is 15.6 Å². The van der Waals surface area contributed by atoms with Gasteiger partial charge < -0.3 is 4.57 Å². The number of hydrogen-bond donors (Lipinski definition) is 2. The summed E-state index contributed by atoms with van der Waals surface area (Å²) in [5.74, 6) is 8.45. The lowest BCUT2D eigenvalue weighted by molar-refractivity contribution is 0.132. The Kier molecular flexibility index (Phi) is 4.86. The normalized spacial score (nSPS) is 25.6. The summed E-state index contributed by atoms with van der Waals surface area (Å²) >= 11 is 0. The molecule has 1 fully saturated rings. The minimum Gasteiger partial charge on any atom is -0.338 e.